The molecule has 2 atom stereocenters. The molecule has 0 spiro atoms. The molecule has 1 heterocycles. The molecule has 0 aromatic carbocycles. The van der Waals surface area contributed by atoms with Gasteiger partial charge in [-0.3, -0.25) is 9.69 Å². The maximum Gasteiger partial charge on any atom is 0.232 e. The van der Waals surface area contributed by atoms with E-state index in [-0.39, 0.29) is 11.7 Å². The summed E-state index contributed by atoms with van der Waals surface area (Å²) in [6.07, 6.45) is 2.13. The molecule has 0 saturated heterocycles. The van der Waals surface area contributed by atoms with Crippen LogP contribution in [0.5, 0.6) is 0 Å². The zero-order chi connectivity index (χ0) is 15.5. The number of rotatable bonds is 6. The fourth-order valence-electron chi connectivity index (χ4n) is 1.82. The lowest BCUT2D eigenvalue weighted by Crippen LogP contribution is -2.34. The van der Waals surface area contributed by atoms with Crippen LogP contribution in [0.15, 0.2) is 5.38 Å². The summed E-state index contributed by atoms with van der Waals surface area (Å²) in [5.41, 5.74) is 0.975. The summed E-state index contributed by atoms with van der Waals surface area (Å²) in [6, 6.07) is 0. The van der Waals surface area contributed by atoms with Crippen LogP contribution >= 0.6 is 11.3 Å². The van der Waals surface area contributed by atoms with Crippen molar-refractivity contribution in [2.45, 2.75) is 33.1 Å². The number of carbonyl (C=O) groups is 1. The van der Waals surface area contributed by atoms with Crippen molar-refractivity contribution in [1.29, 1.82) is 0 Å². The molecule has 114 valence electrons. The summed E-state index contributed by atoms with van der Waals surface area (Å²) >= 11 is 1.41. The molecule has 0 radical (unpaired) electrons. The Hall–Kier alpha value is -0.950. The third-order valence-electron chi connectivity index (χ3n) is 3.22. The van der Waals surface area contributed by atoms with E-state index in [1.807, 2.05) is 5.38 Å². The first-order valence-corrected chi connectivity index (χ1v) is 9.50. The van der Waals surface area contributed by atoms with Crippen LogP contribution in [0.1, 0.15) is 38.8 Å². The molecule has 5 nitrogen and oxygen atoms in total. The predicted octanol–water partition coefficient (Wildman–Crippen LogP) is 2.30. The summed E-state index contributed by atoms with van der Waals surface area (Å²) in [5.74, 6) is -0.567. The van der Waals surface area contributed by atoms with Crippen molar-refractivity contribution >= 4 is 32.2 Å². The van der Waals surface area contributed by atoms with Gasteiger partial charge in [0, 0.05) is 24.6 Å². The standard InChI is InChI=1S/C13H22N2O3S2/c1-6-9(2)11-7-19-13(14-11)15(4)12(16)10(3)8-20(5,17)18/h7,9-10H,6,8H2,1-5H3/t9-,10-/m0/s1. The molecule has 1 amide bonds. The number of carbonyl (C=O) groups excluding carboxylic acids is 1. The van der Waals surface area contributed by atoms with E-state index in [2.05, 4.69) is 18.8 Å². The highest BCUT2D eigenvalue weighted by atomic mass is 32.2. The Morgan fingerprint density at radius 3 is 2.55 bits per heavy atom. The van der Waals surface area contributed by atoms with Crippen LogP contribution in [0.2, 0.25) is 0 Å². The van der Waals surface area contributed by atoms with Gasteiger partial charge in [-0.05, 0) is 12.3 Å². The Kier molecular flexibility index (Phi) is 5.70. The first-order valence-electron chi connectivity index (χ1n) is 6.56. The van der Waals surface area contributed by atoms with Crippen molar-refractivity contribution in [3.8, 4) is 0 Å². The number of amides is 1. The number of aromatic nitrogens is 1. The van der Waals surface area contributed by atoms with E-state index in [4.69, 9.17) is 0 Å². The van der Waals surface area contributed by atoms with Gasteiger partial charge in [0.1, 0.15) is 9.84 Å². The van der Waals surface area contributed by atoms with Gasteiger partial charge in [0.15, 0.2) is 5.13 Å². The van der Waals surface area contributed by atoms with Crippen molar-refractivity contribution < 1.29 is 13.2 Å². The Labute approximate surface area is 124 Å². The Morgan fingerprint density at radius 1 is 1.45 bits per heavy atom. The van der Waals surface area contributed by atoms with E-state index in [1.54, 1.807) is 14.0 Å². The normalized spacial score (nSPS) is 14.8. The van der Waals surface area contributed by atoms with Crippen LogP contribution in [0.25, 0.3) is 0 Å². The number of thiazole rings is 1. The minimum Gasteiger partial charge on any atom is -0.291 e. The van der Waals surface area contributed by atoms with Gasteiger partial charge in [0.25, 0.3) is 0 Å². The second-order valence-electron chi connectivity index (χ2n) is 5.25. The Balaban J connectivity index is 2.81. The SMILES string of the molecule is CC[C@H](C)c1csc(N(C)C(=O)[C@@H](C)CS(C)(=O)=O)n1. The molecule has 0 aliphatic carbocycles. The van der Waals surface area contributed by atoms with Crippen molar-refractivity contribution in [1.82, 2.24) is 4.98 Å². The molecular formula is C13H22N2O3S2. The highest BCUT2D eigenvalue weighted by Crippen LogP contribution is 2.26. The van der Waals surface area contributed by atoms with Crippen molar-refractivity contribution in [3.63, 3.8) is 0 Å². The second kappa shape index (κ2) is 6.67. The third-order valence-corrected chi connectivity index (χ3v) is 5.26. The summed E-state index contributed by atoms with van der Waals surface area (Å²) in [5, 5.41) is 2.57. The molecule has 1 aromatic rings. The Morgan fingerprint density at radius 2 is 2.05 bits per heavy atom. The van der Waals surface area contributed by atoms with Gasteiger partial charge in [0.2, 0.25) is 5.91 Å². The molecular weight excluding hydrogens is 296 g/mol. The first-order chi connectivity index (χ1) is 9.15. The van der Waals surface area contributed by atoms with Gasteiger partial charge < -0.3 is 0 Å². The van der Waals surface area contributed by atoms with E-state index in [0.717, 1.165) is 18.4 Å². The summed E-state index contributed by atoms with van der Waals surface area (Å²) in [4.78, 5) is 18.1. The monoisotopic (exact) mass is 318 g/mol. The van der Waals surface area contributed by atoms with Gasteiger partial charge >= 0.3 is 0 Å². The molecule has 0 bridgehead atoms. The lowest BCUT2D eigenvalue weighted by molar-refractivity contribution is -0.121. The van der Waals surface area contributed by atoms with Crippen molar-refractivity contribution in [2.24, 2.45) is 5.92 Å². The van der Waals surface area contributed by atoms with Crippen LogP contribution in [-0.4, -0.2) is 38.4 Å². The molecule has 0 N–H and O–H groups in total. The highest BCUT2D eigenvalue weighted by molar-refractivity contribution is 7.90. The summed E-state index contributed by atoms with van der Waals surface area (Å²) < 4.78 is 22.5. The van der Waals surface area contributed by atoms with Crippen LogP contribution in [0, 0.1) is 5.92 Å². The number of hydrogen-bond donors (Lipinski definition) is 0. The lowest BCUT2D eigenvalue weighted by atomic mass is 10.1. The van der Waals surface area contributed by atoms with Crippen LogP contribution < -0.4 is 4.90 Å². The van der Waals surface area contributed by atoms with Crippen LogP contribution in [-0.2, 0) is 14.6 Å². The smallest absolute Gasteiger partial charge is 0.232 e. The fraction of sp³-hybridized carbons (Fsp3) is 0.692. The van der Waals surface area contributed by atoms with Gasteiger partial charge in [0.05, 0.1) is 11.4 Å². The van der Waals surface area contributed by atoms with Crippen LogP contribution in [0.3, 0.4) is 0 Å². The predicted molar refractivity (Wildman–Crippen MR) is 83.1 cm³/mol. The molecule has 0 unspecified atom stereocenters. The number of anilines is 1. The van der Waals surface area contributed by atoms with Gasteiger partial charge in [-0.25, -0.2) is 13.4 Å². The maximum atomic E-state index is 12.2. The second-order valence-corrected chi connectivity index (χ2v) is 8.28. The molecule has 0 fully saturated rings. The molecule has 20 heavy (non-hydrogen) atoms. The average Bonchev–Trinajstić information content (AvgIpc) is 2.83. The highest BCUT2D eigenvalue weighted by Gasteiger charge is 2.24. The minimum atomic E-state index is -3.16. The molecule has 1 aromatic heterocycles. The van der Waals surface area contributed by atoms with Gasteiger partial charge in [-0.15, -0.1) is 11.3 Å². The zero-order valence-electron chi connectivity index (χ0n) is 12.6. The summed E-state index contributed by atoms with van der Waals surface area (Å²) in [7, 11) is -1.52. The Bertz CT molecular complexity index is 566. The molecule has 0 aliphatic heterocycles. The zero-order valence-corrected chi connectivity index (χ0v) is 14.2. The number of nitrogens with zero attached hydrogens (tertiary/aromatic N) is 2. The quantitative estimate of drug-likeness (QED) is 0.807. The maximum absolute atomic E-state index is 12.2. The summed E-state index contributed by atoms with van der Waals surface area (Å²) in [6.45, 7) is 5.81. The molecule has 7 heteroatoms. The van der Waals surface area contributed by atoms with E-state index in [0.29, 0.717) is 11.0 Å². The first kappa shape index (κ1) is 17.1. The lowest BCUT2D eigenvalue weighted by Gasteiger charge is -2.18. The minimum absolute atomic E-state index is 0.139. The molecule has 1 rings (SSSR count). The third kappa shape index (κ3) is 4.56. The average molecular weight is 318 g/mol. The fourth-order valence-corrected chi connectivity index (χ4v) is 3.78. The van der Waals surface area contributed by atoms with Gasteiger partial charge in [-0.1, -0.05) is 20.8 Å². The van der Waals surface area contributed by atoms with Crippen molar-refractivity contribution in [2.75, 3.05) is 24.0 Å². The molecule has 0 saturated carbocycles. The van der Waals surface area contributed by atoms with E-state index in [1.165, 1.54) is 16.2 Å². The van der Waals surface area contributed by atoms with Gasteiger partial charge in [-0.2, -0.15) is 0 Å². The van der Waals surface area contributed by atoms with Crippen molar-refractivity contribution in [3.05, 3.63) is 11.1 Å². The van der Waals surface area contributed by atoms with Crippen LogP contribution in [0.4, 0.5) is 5.13 Å². The number of sulfone groups is 1. The topological polar surface area (TPSA) is 67.3 Å². The number of hydrogen-bond acceptors (Lipinski definition) is 5. The largest absolute Gasteiger partial charge is 0.291 e. The van der Waals surface area contributed by atoms with E-state index in [9.17, 15) is 13.2 Å². The van der Waals surface area contributed by atoms with E-state index < -0.39 is 15.8 Å². The molecule has 0 aliphatic rings. The van der Waals surface area contributed by atoms with E-state index >= 15 is 0 Å².